The second-order valence-electron chi connectivity index (χ2n) is 12.5. The Morgan fingerprint density at radius 1 is 0.317 bits per heavy atom. The molecular weight excluding hydrogens is 503 g/mol. The van der Waals surface area contributed by atoms with Crippen LogP contribution in [0, 0.1) is 0 Å². The lowest BCUT2D eigenvalue weighted by Crippen LogP contribution is -3.12. The van der Waals surface area contributed by atoms with Crippen molar-refractivity contribution in [3.63, 3.8) is 0 Å². The van der Waals surface area contributed by atoms with Crippen LogP contribution in [0.5, 0.6) is 0 Å². The molecule has 0 aromatic heterocycles. The van der Waals surface area contributed by atoms with Gasteiger partial charge in [-0.25, -0.2) is 0 Å². The Morgan fingerprint density at radius 2 is 0.537 bits per heavy atom. The van der Waals surface area contributed by atoms with Crippen molar-refractivity contribution in [1.29, 1.82) is 0 Å². The maximum atomic E-state index is 10.2. The molecule has 5 heteroatoms. The molecule has 0 aliphatic heterocycles. The minimum Gasteiger partial charge on any atom is -0.893 e. The van der Waals surface area contributed by atoms with E-state index < -0.39 is 7.12 Å². The van der Waals surface area contributed by atoms with Gasteiger partial charge in [0, 0.05) is 0 Å². The molecule has 0 heterocycles. The van der Waals surface area contributed by atoms with E-state index in [0.29, 0.717) is 6.32 Å². The van der Waals surface area contributed by atoms with Crippen LogP contribution in [0.2, 0.25) is 6.32 Å². The summed E-state index contributed by atoms with van der Waals surface area (Å²) in [5, 5.41) is 20.4. The summed E-state index contributed by atoms with van der Waals surface area (Å²) in [5.41, 5.74) is 0. The van der Waals surface area contributed by atoms with E-state index in [2.05, 4.69) is 48.5 Å². The molecule has 0 atom stereocenters. The molecule has 0 radical (unpaired) electrons. The van der Waals surface area contributed by atoms with E-state index in [-0.39, 0.29) is 0 Å². The third-order valence-corrected chi connectivity index (χ3v) is 8.10. The zero-order valence-corrected chi connectivity index (χ0v) is 29.9. The number of nitrogens with one attached hydrogen (secondary N) is 2. The molecule has 0 saturated carbocycles. The van der Waals surface area contributed by atoms with Crippen LogP contribution in [-0.4, -0.2) is 46.4 Å². The van der Waals surface area contributed by atoms with Crippen molar-refractivity contribution in [1.82, 2.24) is 0 Å². The minimum absolute atomic E-state index is 0.316. The quantitative estimate of drug-likeness (QED) is 0.0763. The molecule has 41 heavy (non-hydrogen) atoms. The number of hydrogen-bond donors (Lipinski definition) is 2. The van der Waals surface area contributed by atoms with Gasteiger partial charge in [0.05, 0.1) is 39.3 Å². The molecule has 250 valence electrons. The summed E-state index contributed by atoms with van der Waals surface area (Å²) in [5.74, 6) is 0. The summed E-state index contributed by atoms with van der Waals surface area (Å²) in [4.78, 5) is 3.68. The van der Waals surface area contributed by atoms with Gasteiger partial charge in [-0.15, -0.1) is 13.4 Å². The Labute approximate surface area is 262 Å². The molecule has 0 rings (SSSR count). The standard InChI is InChI=1S/C12H25BO2.2C12H27N/c1-2-3-4-5-6-7-8-9-10-11-12-13(14)15;2*1-4-7-10-13(11-8-5-2)12-9-6-3/h2-12H2,1H3;2*4-12H2,1-3H3/q-2;;/p+2. The molecule has 0 bridgehead atoms. The molecule has 0 aliphatic rings. The Morgan fingerprint density at radius 3 is 0.756 bits per heavy atom. The van der Waals surface area contributed by atoms with Crippen LogP contribution in [0.25, 0.3) is 0 Å². The van der Waals surface area contributed by atoms with Gasteiger partial charge in [0.1, 0.15) is 0 Å². The monoisotopic (exact) mass is 585 g/mol. The van der Waals surface area contributed by atoms with Gasteiger partial charge in [-0.2, -0.15) is 0 Å². The van der Waals surface area contributed by atoms with Crippen molar-refractivity contribution in [2.75, 3.05) is 39.3 Å². The normalized spacial score (nSPS) is 10.9. The molecule has 2 N–H and O–H groups in total. The maximum absolute atomic E-state index is 10.2. The zero-order valence-electron chi connectivity index (χ0n) is 29.9. The fourth-order valence-corrected chi connectivity index (χ4v) is 5.11. The summed E-state index contributed by atoms with van der Waals surface area (Å²) in [6.45, 7) is 24.4. The van der Waals surface area contributed by atoms with Crippen molar-refractivity contribution < 1.29 is 19.8 Å². The van der Waals surface area contributed by atoms with E-state index in [1.807, 2.05) is 9.80 Å². The summed E-state index contributed by atoms with van der Waals surface area (Å²) >= 11 is 0. The Hall–Kier alpha value is -0.0951. The number of hydrogen-bond acceptors (Lipinski definition) is 2. The molecular formula is C36H81BN2O2. The van der Waals surface area contributed by atoms with Gasteiger partial charge >= 0.3 is 0 Å². The molecule has 0 aromatic carbocycles. The largest absolute Gasteiger partial charge is 0.893 e. The van der Waals surface area contributed by atoms with Gasteiger partial charge < -0.3 is 19.8 Å². The second-order valence-corrected chi connectivity index (χ2v) is 12.5. The molecule has 0 fully saturated rings. The van der Waals surface area contributed by atoms with Gasteiger partial charge in [-0.05, 0) is 38.5 Å². The smallest absolute Gasteiger partial charge is 0.0770 e. The zero-order chi connectivity index (χ0) is 31.2. The van der Waals surface area contributed by atoms with Gasteiger partial charge in [-0.3, -0.25) is 0 Å². The molecule has 0 aliphatic carbocycles. The third kappa shape index (κ3) is 44.5. The van der Waals surface area contributed by atoms with Gasteiger partial charge in [-0.1, -0.05) is 151 Å². The first-order chi connectivity index (χ1) is 20.0. The van der Waals surface area contributed by atoms with Gasteiger partial charge in [0.2, 0.25) is 0 Å². The lowest BCUT2D eigenvalue weighted by atomic mass is 9.83. The van der Waals surface area contributed by atoms with Crippen LogP contribution in [0.1, 0.15) is 190 Å². The predicted octanol–water partition coefficient (Wildman–Crippen LogP) is 6.66. The lowest BCUT2D eigenvalue weighted by molar-refractivity contribution is -0.900. The lowest BCUT2D eigenvalue weighted by Gasteiger charge is -2.25. The van der Waals surface area contributed by atoms with Crippen LogP contribution in [0.4, 0.5) is 0 Å². The van der Waals surface area contributed by atoms with Crippen LogP contribution < -0.4 is 19.8 Å². The van der Waals surface area contributed by atoms with Crippen LogP contribution in [0.15, 0.2) is 0 Å². The topological polar surface area (TPSA) is 55.0 Å². The first-order valence-electron chi connectivity index (χ1n) is 19.0. The highest BCUT2D eigenvalue weighted by Gasteiger charge is 2.06. The van der Waals surface area contributed by atoms with E-state index in [9.17, 15) is 10.0 Å². The van der Waals surface area contributed by atoms with Crippen molar-refractivity contribution in [2.45, 2.75) is 196 Å². The average Bonchev–Trinajstić information content (AvgIpc) is 2.98. The fraction of sp³-hybridized carbons (Fsp3) is 1.00. The average molecular weight is 585 g/mol. The number of quaternary nitrogens is 2. The summed E-state index contributed by atoms with van der Waals surface area (Å²) in [7, 11) is -1.60. The van der Waals surface area contributed by atoms with Crippen molar-refractivity contribution in [2.24, 2.45) is 0 Å². The molecule has 0 unspecified atom stereocenters. The Kier molecular flexibility index (Phi) is 46.5. The third-order valence-electron chi connectivity index (χ3n) is 8.10. The van der Waals surface area contributed by atoms with E-state index >= 15 is 0 Å². The number of unbranched alkanes of at least 4 members (excludes halogenated alkanes) is 15. The van der Waals surface area contributed by atoms with Crippen molar-refractivity contribution in [3.8, 4) is 0 Å². The Balaban J connectivity index is -0.000000530. The number of rotatable bonds is 29. The SMILES string of the molecule is CCCCCCCCCCCCB([O-])[O-].CCCC[NH+](CCCC)CCCC.CCCC[NH+](CCCC)CCCC. The molecule has 0 aromatic rings. The molecule has 0 spiro atoms. The summed E-state index contributed by atoms with van der Waals surface area (Å²) < 4.78 is 0. The van der Waals surface area contributed by atoms with E-state index in [4.69, 9.17) is 0 Å². The maximum Gasteiger partial charge on any atom is 0.0770 e. The highest BCUT2D eigenvalue weighted by Crippen LogP contribution is 2.11. The van der Waals surface area contributed by atoms with Crippen LogP contribution >= 0.6 is 0 Å². The van der Waals surface area contributed by atoms with Crippen molar-refractivity contribution >= 4 is 7.12 Å². The second kappa shape index (κ2) is 42.0. The van der Waals surface area contributed by atoms with E-state index in [1.54, 1.807) is 0 Å². The summed E-state index contributed by atoms with van der Waals surface area (Å²) in [6.07, 6.45) is 29.3. The van der Waals surface area contributed by atoms with Crippen LogP contribution in [0.3, 0.4) is 0 Å². The minimum atomic E-state index is -1.60. The highest BCUT2D eigenvalue weighted by atomic mass is 16.4. The fourth-order valence-electron chi connectivity index (χ4n) is 5.11. The highest BCUT2D eigenvalue weighted by molar-refractivity contribution is 6.36. The predicted molar refractivity (Wildman–Crippen MR) is 183 cm³/mol. The van der Waals surface area contributed by atoms with E-state index in [1.165, 1.54) is 168 Å². The van der Waals surface area contributed by atoms with E-state index in [0.717, 1.165) is 12.8 Å². The first-order valence-corrected chi connectivity index (χ1v) is 19.0. The molecule has 4 nitrogen and oxygen atoms in total. The van der Waals surface area contributed by atoms with Gasteiger partial charge in [0.25, 0.3) is 0 Å². The molecule has 0 amide bonds. The summed E-state index contributed by atoms with van der Waals surface area (Å²) in [6, 6.07) is 0. The molecule has 0 saturated heterocycles. The van der Waals surface area contributed by atoms with Crippen LogP contribution in [-0.2, 0) is 0 Å². The van der Waals surface area contributed by atoms with Gasteiger partial charge in [0.15, 0.2) is 0 Å². The Bertz CT molecular complexity index is 364. The van der Waals surface area contributed by atoms with Crippen molar-refractivity contribution in [3.05, 3.63) is 0 Å². The first kappa shape index (κ1) is 45.3.